The van der Waals surface area contributed by atoms with Gasteiger partial charge in [-0.1, -0.05) is 6.92 Å². The van der Waals surface area contributed by atoms with Gasteiger partial charge >= 0.3 is 0 Å². The molecular weight excluding hydrogens is 328 g/mol. The summed E-state index contributed by atoms with van der Waals surface area (Å²) in [7, 11) is 0. The number of benzene rings is 1. The van der Waals surface area contributed by atoms with Crippen LogP contribution in [0.25, 0.3) is 0 Å². The van der Waals surface area contributed by atoms with Gasteiger partial charge in [-0.25, -0.2) is 0 Å². The molecule has 1 rings (SSSR count). The second-order valence-electron chi connectivity index (χ2n) is 3.79. The van der Waals surface area contributed by atoms with Gasteiger partial charge in [-0.2, -0.15) is 0 Å². The number of carbonyl (C=O) groups is 1. The fourth-order valence-electron chi connectivity index (χ4n) is 1.37. The average Bonchev–Trinajstić information content (AvgIpc) is 2.38. The van der Waals surface area contributed by atoms with E-state index in [1.54, 1.807) is 18.2 Å². The molecular formula is C13H17BrN2O2S. The third kappa shape index (κ3) is 5.16. The normalized spacial score (nSPS) is 9.84. The van der Waals surface area contributed by atoms with E-state index in [9.17, 15) is 4.79 Å². The summed E-state index contributed by atoms with van der Waals surface area (Å²) in [6.07, 6.45) is 0.949. The Morgan fingerprint density at radius 3 is 2.74 bits per heavy atom. The lowest BCUT2D eigenvalue weighted by molar-refractivity contribution is 0.0976. The lowest BCUT2D eigenvalue weighted by Gasteiger charge is -2.10. The predicted octanol–water partition coefficient (Wildman–Crippen LogP) is 2.86. The second kappa shape index (κ2) is 8.12. The summed E-state index contributed by atoms with van der Waals surface area (Å²) >= 11 is 8.39. The Kier molecular flexibility index (Phi) is 6.80. The van der Waals surface area contributed by atoms with Gasteiger partial charge in [0.15, 0.2) is 5.11 Å². The van der Waals surface area contributed by atoms with Crippen LogP contribution in [0.5, 0.6) is 5.75 Å². The van der Waals surface area contributed by atoms with Gasteiger partial charge in [0.2, 0.25) is 0 Å². The minimum atomic E-state index is -0.239. The van der Waals surface area contributed by atoms with Gasteiger partial charge < -0.3 is 10.1 Å². The van der Waals surface area contributed by atoms with Gasteiger partial charge in [-0.05, 0) is 59.7 Å². The predicted molar refractivity (Wildman–Crippen MR) is 83.7 cm³/mol. The highest BCUT2D eigenvalue weighted by Crippen LogP contribution is 2.25. The van der Waals surface area contributed by atoms with Crippen molar-refractivity contribution in [1.29, 1.82) is 0 Å². The van der Waals surface area contributed by atoms with Gasteiger partial charge in [0, 0.05) is 12.1 Å². The van der Waals surface area contributed by atoms with Crippen LogP contribution in [0.15, 0.2) is 22.7 Å². The first-order valence-corrected chi connectivity index (χ1v) is 7.30. The number of carbonyl (C=O) groups excluding carboxylic acids is 1. The Morgan fingerprint density at radius 2 is 2.16 bits per heavy atom. The van der Waals surface area contributed by atoms with E-state index in [0.29, 0.717) is 23.0 Å². The number of rotatable bonds is 5. The molecule has 0 radical (unpaired) electrons. The first kappa shape index (κ1) is 15.9. The van der Waals surface area contributed by atoms with Gasteiger partial charge in [-0.3, -0.25) is 10.1 Å². The molecule has 0 unspecified atom stereocenters. The zero-order valence-electron chi connectivity index (χ0n) is 11.0. The Hall–Kier alpha value is -1.14. The van der Waals surface area contributed by atoms with Gasteiger partial charge in [-0.15, -0.1) is 0 Å². The highest BCUT2D eigenvalue weighted by Gasteiger charge is 2.10. The number of hydrogen-bond acceptors (Lipinski definition) is 3. The Morgan fingerprint density at radius 1 is 1.42 bits per heavy atom. The average molecular weight is 345 g/mol. The minimum Gasteiger partial charge on any atom is -0.493 e. The first-order valence-electron chi connectivity index (χ1n) is 6.10. The molecule has 0 heterocycles. The molecule has 104 valence electrons. The molecule has 0 saturated heterocycles. The van der Waals surface area contributed by atoms with Gasteiger partial charge in [0.25, 0.3) is 5.91 Å². The first-order chi connectivity index (χ1) is 9.08. The fourth-order valence-corrected chi connectivity index (χ4v) is 2.06. The van der Waals surface area contributed by atoms with E-state index in [2.05, 4.69) is 26.6 Å². The standard InChI is InChI=1S/C13H17BrN2O2S/c1-3-7-15-13(19)16-12(17)9-5-6-11(18-4-2)10(14)8-9/h5-6,8H,3-4,7H2,1-2H3,(H2,15,16,17,19). The quantitative estimate of drug-likeness (QED) is 0.806. The molecule has 0 bridgehead atoms. The second-order valence-corrected chi connectivity index (χ2v) is 5.05. The number of amides is 1. The van der Waals surface area contributed by atoms with Crippen LogP contribution >= 0.6 is 28.1 Å². The van der Waals surface area contributed by atoms with Crippen molar-refractivity contribution in [2.75, 3.05) is 13.2 Å². The summed E-state index contributed by atoms with van der Waals surface area (Å²) in [6, 6.07) is 5.17. The van der Waals surface area contributed by atoms with Crippen molar-refractivity contribution in [3.05, 3.63) is 28.2 Å². The maximum absolute atomic E-state index is 11.9. The lowest BCUT2D eigenvalue weighted by Crippen LogP contribution is -2.39. The molecule has 1 aromatic rings. The molecule has 1 aromatic carbocycles. The summed E-state index contributed by atoms with van der Waals surface area (Å²) in [6.45, 7) is 5.26. The zero-order chi connectivity index (χ0) is 14.3. The molecule has 0 aliphatic carbocycles. The molecule has 0 spiro atoms. The summed E-state index contributed by atoms with van der Waals surface area (Å²) in [4.78, 5) is 11.9. The Balaban J connectivity index is 2.67. The van der Waals surface area contributed by atoms with E-state index in [1.807, 2.05) is 13.8 Å². The summed E-state index contributed by atoms with van der Waals surface area (Å²) < 4.78 is 6.13. The van der Waals surface area contributed by atoms with E-state index in [-0.39, 0.29) is 5.91 Å². The van der Waals surface area contributed by atoms with Crippen LogP contribution in [0.2, 0.25) is 0 Å². The molecule has 1 amide bonds. The monoisotopic (exact) mass is 344 g/mol. The lowest BCUT2D eigenvalue weighted by atomic mass is 10.2. The minimum absolute atomic E-state index is 0.239. The smallest absolute Gasteiger partial charge is 0.257 e. The molecule has 19 heavy (non-hydrogen) atoms. The van der Waals surface area contributed by atoms with Crippen molar-refractivity contribution in [3.63, 3.8) is 0 Å². The van der Waals surface area contributed by atoms with E-state index >= 15 is 0 Å². The van der Waals surface area contributed by atoms with Gasteiger partial charge in [0.05, 0.1) is 11.1 Å². The SMILES string of the molecule is CCCNC(=S)NC(=O)c1ccc(OCC)c(Br)c1. The summed E-state index contributed by atoms with van der Waals surface area (Å²) in [5, 5.41) is 5.92. The molecule has 0 aliphatic rings. The van der Waals surface area contributed by atoms with Crippen LogP contribution in [0, 0.1) is 0 Å². The maximum atomic E-state index is 11.9. The molecule has 0 saturated carbocycles. The number of thiocarbonyl (C=S) groups is 1. The molecule has 0 aliphatic heterocycles. The van der Waals surface area contributed by atoms with Crippen LogP contribution in [0.3, 0.4) is 0 Å². The fraction of sp³-hybridized carbons (Fsp3) is 0.385. The number of halogens is 1. The molecule has 6 heteroatoms. The van der Waals surface area contributed by atoms with Crippen molar-refractivity contribution in [2.24, 2.45) is 0 Å². The molecule has 0 atom stereocenters. The molecule has 0 fully saturated rings. The third-order valence-corrected chi connectivity index (χ3v) is 3.12. The van der Waals surface area contributed by atoms with Crippen LogP contribution in [-0.2, 0) is 0 Å². The summed E-state index contributed by atoms with van der Waals surface area (Å²) in [5.41, 5.74) is 0.524. The van der Waals surface area contributed by atoms with Crippen LogP contribution in [0.1, 0.15) is 30.6 Å². The van der Waals surface area contributed by atoms with Crippen molar-refractivity contribution < 1.29 is 9.53 Å². The van der Waals surface area contributed by atoms with Crippen LogP contribution in [-0.4, -0.2) is 24.2 Å². The third-order valence-electron chi connectivity index (χ3n) is 2.26. The number of hydrogen-bond donors (Lipinski definition) is 2. The highest BCUT2D eigenvalue weighted by atomic mass is 79.9. The van der Waals surface area contributed by atoms with Crippen molar-refractivity contribution in [1.82, 2.24) is 10.6 Å². The van der Waals surface area contributed by atoms with Gasteiger partial charge in [0.1, 0.15) is 5.75 Å². The molecule has 0 aromatic heterocycles. The highest BCUT2D eigenvalue weighted by molar-refractivity contribution is 9.10. The van der Waals surface area contributed by atoms with E-state index < -0.39 is 0 Å². The summed E-state index contributed by atoms with van der Waals surface area (Å²) in [5.74, 6) is 0.475. The topological polar surface area (TPSA) is 50.4 Å². The zero-order valence-corrected chi connectivity index (χ0v) is 13.4. The van der Waals surface area contributed by atoms with E-state index in [0.717, 1.165) is 17.4 Å². The number of nitrogens with one attached hydrogen (secondary N) is 2. The number of ether oxygens (including phenoxy) is 1. The molecule has 2 N–H and O–H groups in total. The van der Waals surface area contributed by atoms with E-state index in [4.69, 9.17) is 17.0 Å². The Bertz CT molecular complexity index is 466. The molecule has 4 nitrogen and oxygen atoms in total. The van der Waals surface area contributed by atoms with Crippen LogP contribution in [0.4, 0.5) is 0 Å². The van der Waals surface area contributed by atoms with Crippen molar-refractivity contribution in [2.45, 2.75) is 20.3 Å². The Labute approximate surface area is 127 Å². The maximum Gasteiger partial charge on any atom is 0.257 e. The van der Waals surface area contributed by atoms with Crippen molar-refractivity contribution in [3.8, 4) is 5.75 Å². The van der Waals surface area contributed by atoms with Crippen molar-refractivity contribution >= 4 is 39.2 Å². The van der Waals surface area contributed by atoms with E-state index in [1.165, 1.54) is 0 Å². The largest absolute Gasteiger partial charge is 0.493 e. The van der Waals surface area contributed by atoms with Crippen LogP contribution < -0.4 is 15.4 Å².